The summed E-state index contributed by atoms with van der Waals surface area (Å²) in [5, 5.41) is 1.18. The van der Waals surface area contributed by atoms with E-state index in [0.29, 0.717) is 12.3 Å². The van der Waals surface area contributed by atoms with Crippen LogP contribution in [0.5, 0.6) is 0 Å². The lowest BCUT2D eigenvalue weighted by atomic mass is 9.92. The van der Waals surface area contributed by atoms with E-state index < -0.39 is 0 Å². The number of rotatable bonds is 5. The predicted octanol–water partition coefficient (Wildman–Crippen LogP) is 5.50. The molecule has 1 aliphatic heterocycles. The van der Waals surface area contributed by atoms with Gasteiger partial charge in [-0.3, -0.25) is 9.78 Å². The maximum atomic E-state index is 13.6. The fourth-order valence-corrected chi connectivity index (χ4v) is 5.68. The van der Waals surface area contributed by atoms with Crippen molar-refractivity contribution in [1.82, 2.24) is 19.0 Å². The summed E-state index contributed by atoms with van der Waals surface area (Å²) in [5.41, 5.74) is 4.83. The first-order valence-electron chi connectivity index (χ1n) is 12.3. The van der Waals surface area contributed by atoms with Crippen molar-refractivity contribution in [3.05, 3.63) is 96.2 Å². The highest BCUT2D eigenvalue weighted by molar-refractivity contribution is 5.90. The van der Waals surface area contributed by atoms with Crippen LogP contribution in [0.25, 0.3) is 17.0 Å². The smallest absolute Gasteiger partial charge is 0.225 e. The van der Waals surface area contributed by atoms with Gasteiger partial charge in [-0.25, -0.2) is 0 Å². The molecule has 1 amide bonds. The molecule has 0 spiro atoms. The minimum atomic E-state index is 0.00777. The Kier molecular flexibility index (Phi) is 5.33. The number of nitrogens with zero attached hydrogens (tertiary/aromatic N) is 4. The van der Waals surface area contributed by atoms with Crippen LogP contribution in [0.2, 0.25) is 0 Å². The second kappa shape index (κ2) is 8.64. The van der Waals surface area contributed by atoms with Crippen LogP contribution in [0.1, 0.15) is 48.7 Å². The number of benzene rings is 1. The Labute approximate surface area is 200 Å². The van der Waals surface area contributed by atoms with Gasteiger partial charge in [-0.15, -0.1) is 0 Å². The van der Waals surface area contributed by atoms with Gasteiger partial charge in [-0.2, -0.15) is 0 Å². The zero-order chi connectivity index (χ0) is 23.1. The lowest BCUT2D eigenvalue weighted by Crippen LogP contribution is -2.44. The lowest BCUT2D eigenvalue weighted by Gasteiger charge is -2.39. The van der Waals surface area contributed by atoms with Gasteiger partial charge in [0.05, 0.1) is 29.7 Å². The van der Waals surface area contributed by atoms with Crippen molar-refractivity contribution in [1.29, 1.82) is 0 Å². The topological polar surface area (TPSA) is 43.1 Å². The van der Waals surface area contributed by atoms with E-state index in [9.17, 15) is 4.79 Å². The van der Waals surface area contributed by atoms with E-state index in [-0.39, 0.29) is 18.0 Å². The second-order valence-electron chi connectivity index (χ2n) is 9.69. The molecule has 0 radical (unpaired) electrons. The van der Waals surface area contributed by atoms with Crippen LogP contribution >= 0.6 is 0 Å². The van der Waals surface area contributed by atoms with Crippen LogP contribution in [0.15, 0.2) is 79.4 Å². The van der Waals surface area contributed by atoms with E-state index in [1.54, 1.807) is 0 Å². The van der Waals surface area contributed by atoms with Crippen molar-refractivity contribution >= 4 is 22.9 Å². The van der Waals surface area contributed by atoms with Gasteiger partial charge in [0.1, 0.15) is 0 Å². The maximum Gasteiger partial charge on any atom is 0.225 e. The first-order valence-corrected chi connectivity index (χ1v) is 12.3. The number of likely N-dealkylation sites (tertiary alicyclic amines) is 1. The summed E-state index contributed by atoms with van der Waals surface area (Å²) in [7, 11) is 0. The van der Waals surface area contributed by atoms with Crippen molar-refractivity contribution in [2.45, 2.75) is 38.3 Å². The normalized spacial score (nSPS) is 20.6. The number of carbonyl (C=O) groups excluding carboxylic acids is 1. The Morgan fingerprint density at radius 3 is 2.74 bits per heavy atom. The molecule has 1 fully saturated rings. The van der Waals surface area contributed by atoms with Crippen LogP contribution in [-0.4, -0.2) is 38.0 Å². The summed E-state index contributed by atoms with van der Waals surface area (Å²) in [6, 6.07) is 16.8. The fourth-order valence-electron chi connectivity index (χ4n) is 5.68. The molecule has 0 bridgehead atoms. The van der Waals surface area contributed by atoms with Gasteiger partial charge in [0.2, 0.25) is 5.91 Å². The molecule has 3 atom stereocenters. The van der Waals surface area contributed by atoms with E-state index in [1.807, 2.05) is 36.5 Å². The number of pyridine rings is 1. The van der Waals surface area contributed by atoms with Gasteiger partial charge in [0, 0.05) is 55.2 Å². The van der Waals surface area contributed by atoms with Gasteiger partial charge in [0.25, 0.3) is 0 Å². The molecular formula is C29H30N4O. The van der Waals surface area contributed by atoms with Gasteiger partial charge in [0.15, 0.2) is 0 Å². The van der Waals surface area contributed by atoms with Crippen LogP contribution in [0, 0.1) is 5.92 Å². The average Bonchev–Trinajstić information content (AvgIpc) is 3.63. The molecule has 5 heteroatoms. The maximum absolute atomic E-state index is 13.6. The number of carbonyl (C=O) groups is 1. The van der Waals surface area contributed by atoms with Crippen LogP contribution in [0.4, 0.5) is 0 Å². The molecule has 4 aromatic rings. The third-order valence-electron chi connectivity index (χ3n) is 7.64. The Bertz CT molecular complexity index is 1340. The second-order valence-corrected chi connectivity index (χ2v) is 9.69. The molecule has 1 unspecified atom stereocenters. The van der Waals surface area contributed by atoms with Crippen LogP contribution < -0.4 is 0 Å². The molecular weight excluding hydrogens is 420 g/mol. The summed E-state index contributed by atoms with van der Waals surface area (Å²) in [6.07, 6.45) is 15.1. The minimum absolute atomic E-state index is 0.00777. The van der Waals surface area contributed by atoms with Gasteiger partial charge in [-0.05, 0) is 36.1 Å². The van der Waals surface area contributed by atoms with Gasteiger partial charge >= 0.3 is 0 Å². The lowest BCUT2D eigenvalue weighted by molar-refractivity contribution is -0.134. The summed E-state index contributed by atoms with van der Waals surface area (Å²) in [6.45, 7) is 3.89. The molecule has 1 saturated heterocycles. The van der Waals surface area contributed by atoms with Crippen molar-refractivity contribution in [3.63, 3.8) is 0 Å². The number of fused-ring (bicyclic) bond motifs is 3. The Morgan fingerprint density at radius 1 is 1.09 bits per heavy atom. The zero-order valence-corrected chi connectivity index (χ0v) is 19.5. The van der Waals surface area contributed by atoms with Crippen molar-refractivity contribution in [2.75, 3.05) is 13.1 Å². The highest BCUT2D eigenvalue weighted by atomic mass is 16.2. The zero-order valence-electron chi connectivity index (χ0n) is 19.5. The third-order valence-corrected chi connectivity index (χ3v) is 7.64. The Morgan fingerprint density at radius 2 is 1.91 bits per heavy atom. The summed E-state index contributed by atoms with van der Waals surface area (Å²) < 4.78 is 4.57. The number of hydrogen-bond acceptors (Lipinski definition) is 2. The van der Waals surface area contributed by atoms with Crippen molar-refractivity contribution in [3.8, 4) is 0 Å². The molecule has 2 aliphatic rings. The molecule has 4 heterocycles. The largest absolute Gasteiger partial charge is 0.346 e. The van der Waals surface area contributed by atoms with Crippen molar-refractivity contribution in [2.24, 2.45) is 5.92 Å². The molecule has 0 N–H and O–H groups in total. The van der Waals surface area contributed by atoms with Crippen molar-refractivity contribution < 1.29 is 4.79 Å². The highest BCUT2D eigenvalue weighted by Crippen LogP contribution is 2.35. The van der Waals surface area contributed by atoms with Crippen LogP contribution in [-0.2, 0) is 11.2 Å². The van der Waals surface area contributed by atoms with E-state index in [1.165, 1.54) is 22.0 Å². The van der Waals surface area contributed by atoms with E-state index in [0.717, 1.165) is 31.6 Å². The molecule has 0 saturated carbocycles. The first-order chi connectivity index (χ1) is 16.7. The summed E-state index contributed by atoms with van der Waals surface area (Å²) >= 11 is 0. The number of hydrogen-bond donors (Lipinski definition) is 0. The molecule has 3 aromatic heterocycles. The minimum Gasteiger partial charge on any atom is -0.346 e. The third kappa shape index (κ3) is 3.65. The number of allylic oxidation sites excluding steroid dienone is 1. The van der Waals surface area contributed by atoms with Gasteiger partial charge < -0.3 is 14.0 Å². The van der Waals surface area contributed by atoms with Crippen LogP contribution in [0.3, 0.4) is 0 Å². The Hall–Kier alpha value is -3.60. The standard InChI is InChI=1S/C29H30N4O/c1-21-12-16-32(28(34)18-26(31-14-5-6-15-31)22-8-3-2-4-9-22)20-27(21)33-17-13-23-19-30-25-11-7-10-24(25)29(23)33/h2-10,13-15,17,19,21,26-27H,11-12,16,18,20H2,1H3/t21-,26?,27+/m1/s1. The first kappa shape index (κ1) is 21.0. The highest BCUT2D eigenvalue weighted by Gasteiger charge is 2.32. The predicted molar refractivity (Wildman–Crippen MR) is 135 cm³/mol. The molecule has 1 aliphatic carbocycles. The number of amides is 1. The van der Waals surface area contributed by atoms with E-state index >= 15 is 0 Å². The average molecular weight is 451 g/mol. The monoisotopic (exact) mass is 450 g/mol. The Balaban J connectivity index is 1.27. The molecule has 1 aromatic carbocycles. The summed E-state index contributed by atoms with van der Waals surface area (Å²) in [4.78, 5) is 20.4. The van der Waals surface area contributed by atoms with Gasteiger partial charge in [-0.1, -0.05) is 49.4 Å². The molecule has 6 rings (SSSR count). The molecule has 5 nitrogen and oxygen atoms in total. The fraction of sp³-hybridized carbons (Fsp3) is 0.310. The number of piperidine rings is 1. The molecule has 172 valence electrons. The molecule has 34 heavy (non-hydrogen) atoms. The quantitative estimate of drug-likeness (QED) is 0.403. The van der Waals surface area contributed by atoms with E-state index in [2.05, 4.69) is 74.9 Å². The number of aromatic nitrogens is 3. The van der Waals surface area contributed by atoms with E-state index in [4.69, 9.17) is 0 Å². The summed E-state index contributed by atoms with van der Waals surface area (Å²) in [5.74, 6) is 0.728. The SMILES string of the molecule is C[C@@H]1CCN(C(=O)CC(c2ccccc2)n2cccc2)C[C@@H]1n1ccc2cnc3c(c21)C=CC3.